The molecule has 1 aliphatic rings. The van der Waals surface area contributed by atoms with Crippen LogP contribution < -0.4 is 5.32 Å². The molecule has 1 aliphatic heterocycles. The smallest absolute Gasteiger partial charge is 0.230 e. The number of hydrogen-bond donors (Lipinski definition) is 1. The SMILES string of the molecule is Cc1ccc(CSCC(=O)NCC2CCCO2)cc1. The molecular weight excluding hydrogens is 258 g/mol. The minimum Gasteiger partial charge on any atom is -0.376 e. The van der Waals surface area contributed by atoms with Gasteiger partial charge in [-0.1, -0.05) is 29.8 Å². The molecule has 1 heterocycles. The zero-order valence-corrected chi connectivity index (χ0v) is 12.2. The summed E-state index contributed by atoms with van der Waals surface area (Å²) in [5, 5.41) is 2.94. The maximum Gasteiger partial charge on any atom is 0.230 e. The normalized spacial score (nSPS) is 18.5. The van der Waals surface area contributed by atoms with E-state index in [0.717, 1.165) is 25.2 Å². The molecule has 1 fully saturated rings. The van der Waals surface area contributed by atoms with Gasteiger partial charge in [0.25, 0.3) is 0 Å². The van der Waals surface area contributed by atoms with Crippen molar-refractivity contribution in [2.45, 2.75) is 31.6 Å². The van der Waals surface area contributed by atoms with Gasteiger partial charge in [-0.2, -0.15) is 0 Å². The zero-order chi connectivity index (χ0) is 13.5. The van der Waals surface area contributed by atoms with E-state index in [9.17, 15) is 4.79 Å². The third-order valence-electron chi connectivity index (χ3n) is 3.17. The molecule has 1 N–H and O–H groups in total. The Morgan fingerprint density at radius 1 is 1.42 bits per heavy atom. The zero-order valence-electron chi connectivity index (χ0n) is 11.4. The molecule has 1 aromatic carbocycles. The van der Waals surface area contributed by atoms with Gasteiger partial charge in [0.1, 0.15) is 0 Å². The van der Waals surface area contributed by atoms with Crippen molar-refractivity contribution in [3.8, 4) is 0 Å². The van der Waals surface area contributed by atoms with Gasteiger partial charge in [-0.25, -0.2) is 0 Å². The van der Waals surface area contributed by atoms with Crippen LogP contribution in [0.1, 0.15) is 24.0 Å². The fourth-order valence-corrected chi connectivity index (χ4v) is 2.85. The molecule has 1 saturated heterocycles. The van der Waals surface area contributed by atoms with Crippen molar-refractivity contribution in [1.82, 2.24) is 5.32 Å². The van der Waals surface area contributed by atoms with E-state index < -0.39 is 0 Å². The highest BCUT2D eigenvalue weighted by atomic mass is 32.2. The number of amides is 1. The maximum atomic E-state index is 11.7. The van der Waals surface area contributed by atoms with Gasteiger partial charge in [0.05, 0.1) is 11.9 Å². The summed E-state index contributed by atoms with van der Waals surface area (Å²) < 4.78 is 5.47. The van der Waals surface area contributed by atoms with Crippen LogP contribution in [0.4, 0.5) is 0 Å². The molecule has 19 heavy (non-hydrogen) atoms. The Kier molecular flexibility index (Phi) is 5.73. The third-order valence-corrected chi connectivity index (χ3v) is 4.18. The number of ether oxygens (including phenoxy) is 1. The fraction of sp³-hybridized carbons (Fsp3) is 0.533. The lowest BCUT2D eigenvalue weighted by Gasteiger charge is -2.10. The number of thioether (sulfide) groups is 1. The summed E-state index contributed by atoms with van der Waals surface area (Å²) in [6.45, 7) is 3.57. The van der Waals surface area contributed by atoms with Gasteiger partial charge in [0.2, 0.25) is 5.91 Å². The third kappa shape index (κ3) is 5.25. The number of rotatable bonds is 6. The molecule has 3 nitrogen and oxygen atoms in total. The molecule has 1 aromatic rings. The molecule has 0 radical (unpaired) electrons. The van der Waals surface area contributed by atoms with E-state index in [1.807, 2.05) is 0 Å². The molecule has 1 amide bonds. The Morgan fingerprint density at radius 2 is 2.21 bits per heavy atom. The summed E-state index contributed by atoms with van der Waals surface area (Å²) in [5.41, 5.74) is 2.53. The molecule has 1 unspecified atom stereocenters. The second-order valence-electron chi connectivity index (χ2n) is 4.92. The summed E-state index contributed by atoms with van der Waals surface area (Å²) in [7, 11) is 0. The molecule has 0 aromatic heterocycles. The highest BCUT2D eigenvalue weighted by Crippen LogP contribution is 2.13. The van der Waals surface area contributed by atoms with Crippen molar-refractivity contribution < 1.29 is 9.53 Å². The summed E-state index contributed by atoms with van der Waals surface area (Å²) in [6.07, 6.45) is 2.41. The summed E-state index contributed by atoms with van der Waals surface area (Å²) in [5.74, 6) is 1.50. The van der Waals surface area contributed by atoms with E-state index in [4.69, 9.17) is 4.74 Å². The predicted octanol–water partition coefficient (Wildman–Crippen LogP) is 2.52. The highest BCUT2D eigenvalue weighted by Gasteiger charge is 2.15. The van der Waals surface area contributed by atoms with Crippen LogP contribution in [0.15, 0.2) is 24.3 Å². The monoisotopic (exact) mass is 279 g/mol. The molecule has 0 saturated carbocycles. The van der Waals surface area contributed by atoms with Crippen molar-refractivity contribution in [3.05, 3.63) is 35.4 Å². The van der Waals surface area contributed by atoms with Gasteiger partial charge < -0.3 is 10.1 Å². The number of nitrogens with one attached hydrogen (secondary N) is 1. The average Bonchev–Trinajstić information content (AvgIpc) is 2.92. The maximum absolute atomic E-state index is 11.7. The quantitative estimate of drug-likeness (QED) is 0.869. The van der Waals surface area contributed by atoms with Crippen LogP contribution >= 0.6 is 11.8 Å². The van der Waals surface area contributed by atoms with Gasteiger partial charge in [-0.3, -0.25) is 4.79 Å². The van der Waals surface area contributed by atoms with E-state index in [2.05, 4.69) is 36.5 Å². The second kappa shape index (κ2) is 7.56. The number of hydrogen-bond acceptors (Lipinski definition) is 3. The molecule has 0 bridgehead atoms. The molecule has 1 atom stereocenters. The van der Waals surface area contributed by atoms with Crippen molar-refractivity contribution in [2.75, 3.05) is 18.9 Å². The van der Waals surface area contributed by atoms with Crippen LogP contribution in [0.3, 0.4) is 0 Å². The number of carbonyl (C=O) groups is 1. The van der Waals surface area contributed by atoms with Gasteiger partial charge in [-0.15, -0.1) is 11.8 Å². The van der Waals surface area contributed by atoms with E-state index in [-0.39, 0.29) is 12.0 Å². The van der Waals surface area contributed by atoms with E-state index in [1.165, 1.54) is 11.1 Å². The summed E-state index contributed by atoms with van der Waals surface area (Å²) in [4.78, 5) is 11.7. The Balaban J connectivity index is 1.59. The molecule has 2 rings (SSSR count). The van der Waals surface area contributed by atoms with Crippen LogP contribution in [-0.4, -0.2) is 30.9 Å². The van der Waals surface area contributed by atoms with Gasteiger partial charge in [0.15, 0.2) is 0 Å². The Bertz CT molecular complexity index is 399. The molecule has 0 spiro atoms. The van der Waals surface area contributed by atoms with Crippen molar-refractivity contribution in [1.29, 1.82) is 0 Å². The van der Waals surface area contributed by atoms with Crippen molar-refractivity contribution >= 4 is 17.7 Å². The Morgan fingerprint density at radius 3 is 2.89 bits per heavy atom. The number of benzene rings is 1. The fourth-order valence-electron chi connectivity index (χ4n) is 2.03. The van der Waals surface area contributed by atoms with Crippen LogP contribution in [0, 0.1) is 6.92 Å². The lowest BCUT2D eigenvalue weighted by molar-refractivity contribution is -0.119. The number of aryl methyl sites for hydroxylation is 1. The highest BCUT2D eigenvalue weighted by molar-refractivity contribution is 7.99. The van der Waals surface area contributed by atoms with Gasteiger partial charge in [0, 0.05) is 18.9 Å². The lowest BCUT2D eigenvalue weighted by Crippen LogP contribution is -2.32. The average molecular weight is 279 g/mol. The first kappa shape index (κ1) is 14.4. The number of carbonyl (C=O) groups excluding carboxylic acids is 1. The second-order valence-corrected chi connectivity index (χ2v) is 5.90. The molecule has 4 heteroatoms. The van der Waals surface area contributed by atoms with E-state index in [0.29, 0.717) is 12.3 Å². The van der Waals surface area contributed by atoms with Crippen molar-refractivity contribution in [2.24, 2.45) is 0 Å². The first-order valence-corrected chi connectivity index (χ1v) is 7.91. The molecule has 104 valence electrons. The first-order valence-electron chi connectivity index (χ1n) is 6.75. The van der Waals surface area contributed by atoms with E-state index in [1.54, 1.807) is 11.8 Å². The molecular formula is C15H21NO2S. The minimum absolute atomic E-state index is 0.104. The lowest BCUT2D eigenvalue weighted by atomic mass is 10.2. The topological polar surface area (TPSA) is 38.3 Å². The minimum atomic E-state index is 0.104. The summed E-state index contributed by atoms with van der Waals surface area (Å²) in [6, 6.07) is 8.44. The Labute approximate surface area is 119 Å². The van der Waals surface area contributed by atoms with Gasteiger partial charge in [-0.05, 0) is 25.3 Å². The summed E-state index contributed by atoms with van der Waals surface area (Å²) >= 11 is 1.65. The standard InChI is InChI=1S/C15H21NO2S/c1-12-4-6-13(7-5-12)10-19-11-15(17)16-9-14-3-2-8-18-14/h4-7,14H,2-3,8-11H2,1H3,(H,16,17). The molecule has 0 aliphatic carbocycles. The van der Waals surface area contributed by atoms with E-state index >= 15 is 0 Å². The van der Waals surface area contributed by atoms with Crippen molar-refractivity contribution in [3.63, 3.8) is 0 Å². The van der Waals surface area contributed by atoms with Crippen LogP contribution in [0.25, 0.3) is 0 Å². The Hall–Kier alpha value is -1.00. The predicted molar refractivity (Wildman–Crippen MR) is 79.3 cm³/mol. The first-order chi connectivity index (χ1) is 9.24. The van der Waals surface area contributed by atoms with Crippen LogP contribution in [0.2, 0.25) is 0 Å². The van der Waals surface area contributed by atoms with Crippen LogP contribution in [-0.2, 0) is 15.3 Å². The largest absolute Gasteiger partial charge is 0.376 e. The van der Waals surface area contributed by atoms with Crippen LogP contribution in [0.5, 0.6) is 0 Å². The van der Waals surface area contributed by atoms with Gasteiger partial charge >= 0.3 is 0 Å².